The lowest BCUT2D eigenvalue weighted by Gasteiger charge is -2.12. The number of hydrogen-bond donors (Lipinski definition) is 2. The number of carbonyl (C=O) groups is 2. The van der Waals surface area contributed by atoms with Crippen LogP contribution in [0.25, 0.3) is 22.2 Å². The van der Waals surface area contributed by atoms with E-state index in [4.69, 9.17) is 0 Å². The molecule has 148 valence electrons. The summed E-state index contributed by atoms with van der Waals surface area (Å²) in [7, 11) is 0. The highest BCUT2D eigenvalue weighted by atomic mass is 16.2. The Bertz CT molecular complexity index is 1010. The summed E-state index contributed by atoms with van der Waals surface area (Å²) < 4.78 is 0. The molecule has 2 aromatic heterocycles. The van der Waals surface area contributed by atoms with Gasteiger partial charge in [0.05, 0.1) is 16.8 Å². The van der Waals surface area contributed by atoms with Gasteiger partial charge in [-0.3, -0.25) is 14.6 Å². The number of rotatable bonds is 6. The first-order valence-electron chi connectivity index (χ1n) is 10.1. The van der Waals surface area contributed by atoms with Gasteiger partial charge in [0.1, 0.15) is 0 Å². The number of benzene rings is 1. The van der Waals surface area contributed by atoms with Crippen LogP contribution in [0.5, 0.6) is 0 Å². The van der Waals surface area contributed by atoms with Gasteiger partial charge in [0.25, 0.3) is 5.91 Å². The minimum Gasteiger partial charge on any atom is -0.354 e. The fraction of sp³-hybridized carbons (Fsp3) is 0.304. The van der Waals surface area contributed by atoms with Crippen LogP contribution in [0.2, 0.25) is 0 Å². The van der Waals surface area contributed by atoms with E-state index in [1.807, 2.05) is 36.4 Å². The van der Waals surface area contributed by atoms with Crippen LogP contribution in [-0.4, -0.2) is 34.9 Å². The SMILES string of the molecule is O=C(NCCNC(=O)C1CCCC1)c1cc(-c2cccnc2)nc2ccccc12. The van der Waals surface area contributed by atoms with Gasteiger partial charge in [-0.05, 0) is 37.1 Å². The van der Waals surface area contributed by atoms with Crippen LogP contribution in [-0.2, 0) is 4.79 Å². The van der Waals surface area contributed by atoms with Crippen molar-refractivity contribution in [2.75, 3.05) is 13.1 Å². The first-order chi connectivity index (χ1) is 14.2. The van der Waals surface area contributed by atoms with E-state index < -0.39 is 0 Å². The van der Waals surface area contributed by atoms with E-state index in [-0.39, 0.29) is 17.7 Å². The molecular weight excluding hydrogens is 364 g/mol. The van der Waals surface area contributed by atoms with Crippen LogP contribution in [0.3, 0.4) is 0 Å². The molecule has 1 fully saturated rings. The molecule has 1 aliphatic rings. The lowest BCUT2D eigenvalue weighted by Crippen LogP contribution is -2.37. The van der Waals surface area contributed by atoms with Crippen LogP contribution < -0.4 is 10.6 Å². The second-order valence-corrected chi connectivity index (χ2v) is 7.34. The molecule has 2 N–H and O–H groups in total. The predicted octanol–water partition coefficient (Wildman–Crippen LogP) is 3.33. The zero-order chi connectivity index (χ0) is 20.1. The largest absolute Gasteiger partial charge is 0.354 e. The molecule has 0 bridgehead atoms. The van der Waals surface area contributed by atoms with Crippen LogP contribution in [0.15, 0.2) is 54.9 Å². The topological polar surface area (TPSA) is 84.0 Å². The minimum absolute atomic E-state index is 0.102. The van der Waals surface area contributed by atoms with Gasteiger partial charge in [-0.15, -0.1) is 0 Å². The fourth-order valence-electron chi connectivity index (χ4n) is 3.81. The first kappa shape index (κ1) is 19.1. The lowest BCUT2D eigenvalue weighted by molar-refractivity contribution is -0.124. The maximum Gasteiger partial charge on any atom is 0.252 e. The molecule has 1 saturated carbocycles. The summed E-state index contributed by atoms with van der Waals surface area (Å²) in [6.07, 6.45) is 7.64. The Morgan fingerprint density at radius 1 is 1.00 bits per heavy atom. The number of hydrogen-bond acceptors (Lipinski definition) is 4. The Hall–Kier alpha value is -3.28. The highest BCUT2D eigenvalue weighted by Crippen LogP contribution is 2.25. The maximum absolute atomic E-state index is 12.9. The average molecular weight is 388 g/mol. The second-order valence-electron chi connectivity index (χ2n) is 7.34. The third-order valence-corrected chi connectivity index (χ3v) is 5.35. The van der Waals surface area contributed by atoms with Gasteiger partial charge < -0.3 is 10.6 Å². The van der Waals surface area contributed by atoms with Gasteiger partial charge in [0, 0.05) is 42.4 Å². The van der Waals surface area contributed by atoms with Gasteiger partial charge in [-0.2, -0.15) is 0 Å². The van der Waals surface area contributed by atoms with E-state index in [2.05, 4.69) is 20.6 Å². The molecule has 6 nitrogen and oxygen atoms in total. The predicted molar refractivity (Wildman–Crippen MR) is 112 cm³/mol. The molecule has 0 unspecified atom stereocenters. The third-order valence-electron chi connectivity index (χ3n) is 5.35. The summed E-state index contributed by atoms with van der Waals surface area (Å²) in [6, 6.07) is 13.2. The van der Waals surface area contributed by atoms with Crippen molar-refractivity contribution in [1.29, 1.82) is 0 Å². The molecule has 6 heteroatoms. The van der Waals surface area contributed by atoms with Crippen LogP contribution >= 0.6 is 0 Å². The first-order valence-corrected chi connectivity index (χ1v) is 10.1. The quantitative estimate of drug-likeness (QED) is 0.635. The van der Waals surface area contributed by atoms with Crippen molar-refractivity contribution in [2.45, 2.75) is 25.7 Å². The van der Waals surface area contributed by atoms with Crippen LogP contribution in [0.1, 0.15) is 36.0 Å². The smallest absolute Gasteiger partial charge is 0.252 e. The highest BCUT2D eigenvalue weighted by molar-refractivity contribution is 6.07. The zero-order valence-corrected chi connectivity index (χ0v) is 16.2. The lowest BCUT2D eigenvalue weighted by atomic mass is 10.0. The Balaban J connectivity index is 1.47. The molecule has 2 heterocycles. The molecule has 0 aliphatic heterocycles. The van der Waals surface area contributed by atoms with E-state index in [9.17, 15) is 9.59 Å². The standard InChI is InChI=1S/C23H24N4O2/c28-22(16-6-1-2-7-16)25-12-13-26-23(29)19-14-21(17-8-5-11-24-15-17)27-20-10-4-3-9-18(19)20/h3-5,8-11,14-16H,1-2,6-7,12-13H2,(H,25,28)(H,26,29). The van der Waals surface area contributed by atoms with Gasteiger partial charge in [-0.25, -0.2) is 4.98 Å². The monoisotopic (exact) mass is 388 g/mol. The highest BCUT2D eigenvalue weighted by Gasteiger charge is 2.22. The molecule has 0 saturated heterocycles. The average Bonchev–Trinajstić information content (AvgIpc) is 3.31. The fourth-order valence-corrected chi connectivity index (χ4v) is 3.81. The normalized spacial score (nSPS) is 14.1. The summed E-state index contributed by atoms with van der Waals surface area (Å²) in [6.45, 7) is 0.815. The molecule has 0 radical (unpaired) electrons. The molecule has 0 atom stereocenters. The van der Waals surface area contributed by atoms with Crippen molar-refractivity contribution >= 4 is 22.7 Å². The van der Waals surface area contributed by atoms with Crippen molar-refractivity contribution in [3.63, 3.8) is 0 Å². The second kappa shape index (κ2) is 8.82. The Morgan fingerprint density at radius 3 is 2.59 bits per heavy atom. The van der Waals surface area contributed by atoms with Crippen molar-refractivity contribution in [3.8, 4) is 11.3 Å². The Labute approximate surface area is 169 Å². The summed E-state index contributed by atoms with van der Waals surface area (Å²) in [4.78, 5) is 33.8. The molecular formula is C23H24N4O2. The van der Waals surface area contributed by atoms with E-state index in [0.29, 0.717) is 24.3 Å². The Kier molecular flexibility index (Phi) is 5.79. The van der Waals surface area contributed by atoms with E-state index in [1.165, 1.54) is 0 Å². The summed E-state index contributed by atoms with van der Waals surface area (Å²) >= 11 is 0. The van der Waals surface area contributed by atoms with E-state index >= 15 is 0 Å². The van der Waals surface area contributed by atoms with E-state index in [1.54, 1.807) is 18.5 Å². The van der Waals surface area contributed by atoms with Crippen molar-refractivity contribution in [2.24, 2.45) is 5.92 Å². The number of carbonyl (C=O) groups excluding carboxylic acids is 2. The molecule has 2 amide bonds. The van der Waals surface area contributed by atoms with Crippen molar-refractivity contribution in [1.82, 2.24) is 20.6 Å². The molecule has 1 aromatic carbocycles. The molecule has 3 aromatic rings. The molecule has 4 rings (SSSR count). The minimum atomic E-state index is -0.177. The molecule has 0 spiro atoms. The van der Waals surface area contributed by atoms with Gasteiger partial charge >= 0.3 is 0 Å². The van der Waals surface area contributed by atoms with Gasteiger partial charge in [0.2, 0.25) is 5.91 Å². The van der Waals surface area contributed by atoms with Crippen molar-refractivity contribution in [3.05, 3.63) is 60.4 Å². The number of pyridine rings is 2. The zero-order valence-electron chi connectivity index (χ0n) is 16.2. The van der Waals surface area contributed by atoms with Gasteiger partial charge in [0.15, 0.2) is 0 Å². The van der Waals surface area contributed by atoms with E-state index in [0.717, 1.165) is 42.1 Å². The summed E-state index contributed by atoms with van der Waals surface area (Å²) in [5.74, 6) is 0.0608. The van der Waals surface area contributed by atoms with Crippen LogP contribution in [0.4, 0.5) is 0 Å². The summed E-state index contributed by atoms with van der Waals surface area (Å²) in [5.41, 5.74) is 2.89. The number of aromatic nitrogens is 2. The third kappa shape index (κ3) is 4.42. The maximum atomic E-state index is 12.9. The van der Waals surface area contributed by atoms with Gasteiger partial charge in [-0.1, -0.05) is 31.0 Å². The number of para-hydroxylation sites is 1. The van der Waals surface area contributed by atoms with Crippen LogP contribution in [0, 0.1) is 5.92 Å². The number of nitrogens with one attached hydrogen (secondary N) is 2. The Morgan fingerprint density at radius 2 is 1.79 bits per heavy atom. The molecule has 1 aliphatic carbocycles. The summed E-state index contributed by atoms with van der Waals surface area (Å²) in [5, 5.41) is 6.65. The number of nitrogens with zero attached hydrogens (tertiary/aromatic N) is 2. The van der Waals surface area contributed by atoms with Crippen molar-refractivity contribution < 1.29 is 9.59 Å². The number of fused-ring (bicyclic) bond motifs is 1. The number of amides is 2. The molecule has 29 heavy (non-hydrogen) atoms.